The average Bonchev–Trinajstić information content (AvgIpc) is 2.12. The van der Waals surface area contributed by atoms with E-state index in [0.29, 0.717) is 5.92 Å². The zero-order valence-corrected chi connectivity index (χ0v) is 9.26. The average molecular weight is 189 g/mol. The number of methoxy groups -OCH3 is 1. The fraction of sp³-hybridized carbons (Fsp3) is 1.00. The van der Waals surface area contributed by atoms with Crippen molar-refractivity contribution >= 4 is 0 Å². The van der Waals surface area contributed by atoms with E-state index >= 15 is 0 Å². The summed E-state index contributed by atoms with van der Waals surface area (Å²) in [6.07, 6.45) is 0.988. The van der Waals surface area contributed by atoms with Crippen LogP contribution >= 0.6 is 0 Å². The van der Waals surface area contributed by atoms with Crippen molar-refractivity contribution in [3.8, 4) is 0 Å². The summed E-state index contributed by atoms with van der Waals surface area (Å²) in [6.45, 7) is 8.23. The standard InChI is InChI=1S/C10H23NO2/c1-9(8-12)7-11-6-5-10(2,3)13-4/h9,11-12H,5-8H2,1-4H3. The largest absolute Gasteiger partial charge is 0.396 e. The molecule has 0 saturated carbocycles. The van der Waals surface area contributed by atoms with Crippen molar-refractivity contribution < 1.29 is 9.84 Å². The minimum absolute atomic E-state index is 0.0462. The number of nitrogens with one attached hydrogen (secondary N) is 1. The maximum absolute atomic E-state index is 8.78. The molecule has 2 N–H and O–H groups in total. The van der Waals surface area contributed by atoms with Crippen LogP contribution in [0.15, 0.2) is 0 Å². The third-order valence-electron chi connectivity index (χ3n) is 2.26. The highest BCUT2D eigenvalue weighted by Gasteiger charge is 2.14. The number of hydrogen-bond acceptors (Lipinski definition) is 3. The van der Waals surface area contributed by atoms with Gasteiger partial charge in [0.15, 0.2) is 0 Å². The maximum atomic E-state index is 8.78. The van der Waals surface area contributed by atoms with Gasteiger partial charge in [-0.3, -0.25) is 0 Å². The summed E-state index contributed by atoms with van der Waals surface area (Å²) >= 11 is 0. The molecular weight excluding hydrogens is 166 g/mol. The molecule has 0 aliphatic rings. The molecule has 0 amide bonds. The van der Waals surface area contributed by atoms with Gasteiger partial charge in [-0.15, -0.1) is 0 Å². The third-order valence-corrected chi connectivity index (χ3v) is 2.26. The molecule has 3 heteroatoms. The number of aliphatic hydroxyl groups is 1. The maximum Gasteiger partial charge on any atom is 0.0634 e. The smallest absolute Gasteiger partial charge is 0.0634 e. The first-order chi connectivity index (χ1) is 6.02. The van der Waals surface area contributed by atoms with Gasteiger partial charge in [0.1, 0.15) is 0 Å². The molecule has 0 aliphatic heterocycles. The Kier molecular flexibility index (Phi) is 6.29. The van der Waals surface area contributed by atoms with Crippen LogP contribution in [0.5, 0.6) is 0 Å². The third kappa shape index (κ3) is 6.99. The highest BCUT2D eigenvalue weighted by Crippen LogP contribution is 2.11. The van der Waals surface area contributed by atoms with E-state index in [1.165, 1.54) is 0 Å². The number of rotatable bonds is 7. The van der Waals surface area contributed by atoms with E-state index < -0.39 is 0 Å². The van der Waals surface area contributed by atoms with E-state index in [9.17, 15) is 0 Å². The Balaban J connectivity index is 3.35. The number of ether oxygens (including phenoxy) is 1. The van der Waals surface area contributed by atoms with Gasteiger partial charge in [-0.2, -0.15) is 0 Å². The Labute approximate surface area is 81.5 Å². The lowest BCUT2D eigenvalue weighted by Crippen LogP contribution is -2.31. The quantitative estimate of drug-likeness (QED) is 0.588. The SMILES string of the molecule is COC(C)(C)CCNCC(C)CO. The molecule has 0 heterocycles. The molecule has 0 bridgehead atoms. The summed E-state index contributed by atoms with van der Waals surface area (Å²) in [7, 11) is 1.73. The highest BCUT2D eigenvalue weighted by molar-refractivity contribution is 4.69. The molecule has 0 saturated heterocycles. The van der Waals surface area contributed by atoms with Gasteiger partial charge in [-0.05, 0) is 39.3 Å². The van der Waals surface area contributed by atoms with E-state index in [2.05, 4.69) is 19.2 Å². The summed E-state index contributed by atoms with van der Waals surface area (Å²) in [5, 5.41) is 12.1. The number of aliphatic hydroxyl groups excluding tert-OH is 1. The fourth-order valence-corrected chi connectivity index (χ4v) is 0.904. The zero-order chi connectivity index (χ0) is 10.3. The minimum atomic E-state index is -0.0462. The van der Waals surface area contributed by atoms with Crippen molar-refractivity contribution in [2.45, 2.75) is 32.8 Å². The highest BCUT2D eigenvalue weighted by atomic mass is 16.5. The van der Waals surface area contributed by atoms with Gasteiger partial charge >= 0.3 is 0 Å². The van der Waals surface area contributed by atoms with Gasteiger partial charge in [0.25, 0.3) is 0 Å². The molecule has 0 spiro atoms. The van der Waals surface area contributed by atoms with Crippen molar-refractivity contribution in [1.82, 2.24) is 5.32 Å². The second-order valence-electron chi connectivity index (χ2n) is 4.21. The topological polar surface area (TPSA) is 41.5 Å². The molecule has 0 aromatic carbocycles. The second kappa shape index (κ2) is 6.35. The molecule has 13 heavy (non-hydrogen) atoms. The van der Waals surface area contributed by atoms with Crippen molar-refractivity contribution in [2.24, 2.45) is 5.92 Å². The lowest BCUT2D eigenvalue weighted by Gasteiger charge is -2.23. The van der Waals surface area contributed by atoms with Crippen LogP contribution in [0.25, 0.3) is 0 Å². The van der Waals surface area contributed by atoms with Crippen molar-refractivity contribution in [2.75, 3.05) is 26.8 Å². The van der Waals surface area contributed by atoms with E-state index in [0.717, 1.165) is 19.5 Å². The van der Waals surface area contributed by atoms with Crippen LogP contribution < -0.4 is 5.32 Å². The summed E-state index contributed by atoms with van der Waals surface area (Å²) in [5.41, 5.74) is -0.0462. The van der Waals surface area contributed by atoms with Crippen LogP contribution in [0.4, 0.5) is 0 Å². The van der Waals surface area contributed by atoms with Crippen LogP contribution in [0.3, 0.4) is 0 Å². The molecule has 1 atom stereocenters. The molecule has 0 aliphatic carbocycles. The molecule has 3 nitrogen and oxygen atoms in total. The van der Waals surface area contributed by atoms with Gasteiger partial charge in [0.2, 0.25) is 0 Å². The fourth-order valence-electron chi connectivity index (χ4n) is 0.904. The molecule has 0 radical (unpaired) electrons. The molecule has 0 aromatic heterocycles. The summed E-state index contributed by atoms with van der Waals surface area (Å²) in [4.78, 5) is 0. The summed E-state index contributed by atoms with van der Waals surface area (Å²) in [6, 6.07) is 0. The van der Waals surface area contributed by atoms with Gasteiger partial charge in [0, 0.05) is 13.7 Å². The van der Waals surface area contributed by atoms with Gasteiger partial charge < -0.3 is 15.2 Å². The van der Waals surface area contributed by atoms with E-state index in [1.807, 2.05) is 6.92 Å². The molecular formula is C10H23NO2. The van der Waals surface area contributed by atoms with E-state index in [1.54, 1.807) is 7.11 Å². The Morgan fingerprint density at radius 3 is 2.54 bits per heavy atom. The van der Waals surface area contributed by atoms with Crippen LogP contribution in [-0.4, -0.2) is 37.5 Å². The first kappa shape index (κ1) is 12.9. The van der Waals surface area contributed by atoms with Gasteiger partial charge in [-0.1, -0.05) is 6.92 Å². The first-order valence-corrected chi connectivity index (χ1v) is 4.88. The zero-order valence-electron chi connectivity index (χ0n) is 9.26. The Hall–Kier alpha value is -0.120. The second-order valence-corrected chi connectivity index (χ2v) is 4.21. The van der Waals surface area contributed by atoms with E-state index in [4.69, 9.17) is 9.84 Å². The molecule has 0 fully saturated rings. The molecule has 80 valence electrons. The van der Waals surface area contributed by atoms with Crippen LogP contribution in [0.1, 0.15) is 27.2 Å². The predicted octanol–water partition coefficient (Wildman–Crippen LogP) is 1.02. The van der Waals surface area contributed by atoms with E-state index in [-0.39, 0.29) is 12.2 Å². The molecule has 0 aromatic rings. The van der Waals surface area contributed by atoms with Crippen molar-refractivity contribution in [1.29, 1.82) is 0 Å². The lowest BCUT2D eigenvalue weighted by atomic mass is 10.1. The van der Waals surface area contributed by atoms with Gasteiger partial charge in [0.05, 0.1) is 5.60 Å². The predicted molar refractivity (Wildman–Crippen MR) is 54.8 cm³/mol. The van der Waals surface area contributed by atoms with Crippen molar-refractivity contribution in [3.05, 3.63) is 0 Å². The number of hydrogen-bond donors (Lipinski definition) is 2. The molecule has 1 unspecified atom stereocenters. The monoisotopic (exact) mass is 189 g/mol. The van der Waals surface area contributed by atoms with Gasteiger partial charge in [-0.25, -0.2) is 0 Å². The summed E-state index contributed by atoms with van der Waals surface area (Å²) in [5.74, 6) is 0.339. The summed E-state index contributed by atoms with van der Waals surface area (Å²) < 4.78 is 5.28. The minimum Gasteiger partial charge on any atom is -0.396 e. The Bertz CT molecular complexity index is 126. The molecule has 0 rings (SSSR count). The normalized spacial score (nSPS) is 14.5. The first-order valence-electron chi connectivity index (χ1n) is 4.88. The lowest BCUT2D eigenvalue weighted by molar-refractivity contribution is 0.0156. The van der Waals surface area contributed by atoms with Crippen molar-refractivity contribution in [3.63, 3.8) is 0 Å². The van der Waals surface area contributed by atoms with Crippen LogP contribution in [0.2, 0.25) is 0 Å². The van der Waals surface area contributed by atoms with Crippen LogP contribution in [-0.2, 0) is 4.74 Å². The van der Waals surface area contributed by atoms with Crippen LogP contribution in [0, 0.1) is 5.92 Å². The Morgan fingerprint density at radius 1 is 1.46 bits per heavy atom. The Morgan fingerprint density at radius 2 is 2.08 bits per heavy atom.